The molecule has 2 rings (SSSR count). The third-order valence-electron chi connectivity index (χ3n) is 3.46. The SMILES string of the molecule is C=C(CC(=O)c1ccc(-c2ccc(C)cc2)cc1)C(C)=O.CC.CC.CC. The first-order chi connectivity index (χ1) is 13.0. The molecule has 0 saturated carbocycles. The van der Waals surface area contributed by atoms with Gasteiger partial charge in [-0.1, -0.05) is 102 Å². The van der Waals surface area contributed by atoms with E-state index in [2.05, 4.69) is 30.8 Å². The van der Waals surface area contributed by atoms with Crippen molar-refractivity contribution in [1.82, 2.24) is 0 Å². The second kappa shape index (κ2) is 15.7. The van der Waals surface area contributed by atoms with Gasteiger partial charge in [0.1, 0.15) is 0 Å². The largest absolute Gasteiger partial charge is 0.295 e. The summed E-state index contributed by atoms with van der Waals surface area (Å²) in [5.74, 6) is -0.217. The molecule has 148 valence electrons. The number of aryl methyl sites for hydroxylation is 1. The van der Waals surface area contributed by atoms with Gasteiger partial charge in [-0.25, -0.2) is 0 Å². The van der Waals surface area contributed by atoms with E-state index in [0.29, 0.717) is 11.1 Å². The van der Waals surface area contributed by atoms with Crippen LogP contribution in [0.3, 0.4) is 0 Å². The molecule has 2 heteroatoms. The van der Waals surface area contributed by atoms with E-state index in [1.54, 1.807) is 12.1 Å². The molecule has 0 aliphatic carbocycles. The Morgan fingerprint density at radius 1 is 0.741 bits per heavy atom. The van der Waals surface area contributed by atoms with Gasteiger partial charge < -0.3 is 0 Å². The molecule has 0 heterocycles. The highest BCUT2D eigenvalue weighted by Gasteiger charge is 2.10. The lowest BCUT2D eigenvalue weighted by Crippen LogP contribution is -2.04. The minimum Gasteiger partial charge on any atom is -0.295 e. The van der Waals surface area contributed by atoms with Gasteiger partial charge in [0.25, 0.3) is 0 Å². The highest BCUT2D eigenvalue weighted by atomic mass is 16.1. The van der Waals surface area contributed by atoms with Gasteiger partial charge in [0.2, 0.25) is 0 Å². The predicted octanol–water partition coefficient (Wildman–Crippen LogP) is 7.46. The normalized spacial score (nSPS) is 8.59. The van der Waals surface area contributed by atoms with Crippen LogP contribution in [0.2, 0.25) is 0 Å². The summed E-state index contributed by atoms with van der Waals surface area (Å²) in [6.07, 6.45) is 0.0826. The number of benzene rings is 2. The number of rotatable bonds is 5. The molecule has 2 aromatic rings. The Bertz CT molecular complexity index is 677. The average molecular weight is 369 g/mol. The fraction of sp³-hybridized carbons (Fsp3) is 0.360. The van der Waals surface area contributed by atoms with E-state index in [0.717, 1.165) is 11.1 Å². The molecule has 0 aromatic heterocycles. The maximum absolute atomic E-state index is 12.0. The Morgan fingerprint density at radius 2 is 1.11 bits per heavy atom. The second-order valence-corrected chi connectivity index (χ2v) is 5.20. The van der Waals surface area contributed by atoms with Gasteiger partial charge in [-0.2, -0.15) is 0 Å². The minimum atomic E-state index is -0.139. The first-order valence-electron chi connectivity index (χ1n) is 9.86. The van der Waals surface area contributed by atoms with Crippen LogP contribution in [0.4, 0.5) is 0 Å². The summed E-state index contributed by atoms with van der Waals surface area (Å²) in [6, 6.07) is 15.7. The predicted molar refractivity (Wildman–Crippen MR) is 119 cm³/mol. The van der Waals surface area contributed by atoms with Crippen LogP contribution in [0.5, 0.6) is 0 Å². The summed E-state index contributed by atoms with van der Waals surface area (Å²) < 4.78 is 0. The Kier molecular flexibility index (Phi) is 15.6. The first kappa shape index (κ1) is 26.7. The Morgan fingerprint density at radius 3 is 1.48 bits per heavy atom. The number of hydrogen-bond donors (Lipinski definition) is 0. The van der Waals surface area contributed by atoms with E-state index in [1.165, 1.54) is 12.5 Å². The number of carbonyl (C=O) groups excluding carboxylic acids is 2. The van der Waals surface area contributed by atoms with Gasteiger partial charge in [-0.05, 0) is 30.5 Å². The van der Waals surface area contributed by atoms with Crippen LogP contribution in [0.1, 0.15) is 70.8 Å². The molecule has 2 aromatic carbocycles. The van der Waals surface area contributed by atoms with E-state index in [9.17, 15) is 9.59 Å². The van der Waals surface area contributed by atoms with Crippen molar-refractivity contribution >= 4 is 11.6 Å². The topological polar surface area (TPSA) is 34.1 Å². The van der Waals surface area contributed by atoms with Crippen LogP contribution < -0.4 is 0 Å². The lowest BCUT2D eigenvalue weighted by atomic mass is 9.98. The molecule has 0 aliphatic heterocycles. The molecule has 0 N–H and O–H groups in total. The number of carbonyl (C=O) groups is 2. The lowest BCUT2D eigenvalue weighted by Gasteiger charge is -2.05. The molecule has 0 bridgehead atoms. The zero-order chi connectivity index (χ0) is 21.4. The van der Waals surface area contributed by atoms with Crippen molar-refractivity contribution < 1.29 is 9.59 Å². The van der Waals surface area contributed by atoms with Crippen molar-refractivity contribution in [2.45, 2.75) is 61.8 Å². The van der Waals surface area contributed by atoms with Gasteiger partial charge in [-0.3, -0.25) is 9.59 Å². The molecule has 0 atom stereocenters. The van der Waals surface area contributed by atoms with Crippen LogP contribution >= 0.6 is 0 Å². The maximum atomic E-state index is 12.0. The van der Waals surface area contributed by atoms with Crippen LogP contribution in [0.15, 0.2) is 60.7 Å². The summed E-state index contributed by atoms with van der Waals surface area (Å²) in [7, 11) is 0. The highest BCUT2D eigenvalue weighted by molar-refractivity contribution is 6.04. The van der Waals surface area contributed by atoms with Crippen LogP contribution in [-0.2, 0) is 4.79 Å². The van der Waals surface area contributed by atoms with Crippen LogP contribution in [-0.4, -0.2) is 11.6 Å². The third kappa shape index (κ3) is 9.69. The third-order valence-corrected chi connectivity index (χ3v) is 3.46. The molecule has 0 amide bonds. The molecule has 27 heavy (non-hydrogen) atoms. The van der Waals surface area contributed by atoms with Gasteiger partial charge in [0, 0.05) is 12.0 Å². The number of allylic oxidation sites excluding steroid dienone is 1. The number of Topliss-reactive ketones (excluding diaryl/α,β-unsaturated/α-hetero) is 2. The van der Waals surface area contributed by atoms with Gasteiger partial charge >= 0.3 is 0 Å². The summed E-state index contributed by atoms with van der Waals surface area (Å²) in [5, 5.41) is 0. The zero-order valence-corrected chi connectivity index (χ0v) is 18.3. The Balaban J connectivity index is 0. The van der Waals surface area contributed by atoms with Crippen molar-refractivity contribution in [1.29, 1.82) is 0 Å². The van der Waals surface area contributed by atoms with Crippen molar-refractivity contribution in [2.24, 2.45) is 0 Å². The molecular formula is C25H36O2. The molecule has 0 saturated heterocycles. The van der Waals surface area contributed by atoms with E-state index in [-0.39, 0.29) is 18.0 Å². The fourth-order valence-electron chi connectivity index (χ4n) is 2.01. The van der Waals surface area contributed by atoms with E-state index in [1.807, 2.05) is 60.6 Å². The summed E-state index contributed by atoms with van der Waals surface area (Å²) in [4.78, 5) is 23.2. The van der Waals surface area contributed by atoms with E-state index in [4.69, 9.17) is 0 Å². The maximum Gasteiger partial charge on any atom is 0.167 e. The minimum absolute atomic E-state index is 0.0781. The van der Waals surface area contributed by atoms with Gasteiger partial charge in [0.15, 0.2) is 11.6 Å². The van der Waals surface area contributed by atoms with Crippen molar-refractivity contribution in [2.75, 3.05) is 0 Å². The van der Waals surface area contributed by atoms with E-state index >= 15 is 0 Å². The number of hydrogen-bond acceptors (Lipinski definition) is 2. The fourth-order valence-corrected chi connectivity index (χ4v) is 2.01. The quantitative estimate of drug-likeness (QED) is 0.405. The summed E-state index contributed by atoms with van der Waals surface area (Å²) in [5.41, 5.74) is 4.36. The van der Waals surface area contributed by atoms with E-state index < -0.39 is 0 Å². The number of ketones is 2. The Hall–Kier alpha value is -2.48. The van der Waals surface area contributed by atoms with Gasteiger partial charge in [0.05, 0.1) is 0 Å². The van der Waals surface area contributed by atoms with Crippen LogP contribution in [0.25, 0.3) is 11.1 Å². The first-order valence-corrected chi connectivity index (χ1v) is 9.86. The molecule has 0 aliphatic rings. The monoisotopic (exact) mass is 368 g/mol. The molecule has 0 fully saturated rings. The van der Waals surface area contributed by atoms with Crippen LogP contribution in [0, 0.1) is 6.92 Å². The standard InChI is InChI=1S/C19H18O2.3C2H6/c1-13-4-6-16(7-5-13)17-8-10-18(11-9-17)19(21)12-14(2)15(3)20;3*1-2/h4-11H,2,12H2,1,3H3;3*1-2H3. The molecular weight excluding hydrogens is 332 g/mol. The summed E-state index contributed by atoms with van der Waals surface area (Å²) >= 11 is 0. The molecule has 0 unspecified atom stereocenters. The van der Waals surface area contributed by atoms with Crippen molar-refractivity contribution in [3.05, 3.63) is 71.8 Å². The molecule has 0 spiro atoms. The Labute approximate surface area is 166 Å². The van der Waals surface area contributed by atoms with Gasteiger partial charge in [-0.15, -0.1) is 0 Å². The lowest BCUT2D eigenvalue weighted by molar-refractivity contribution is -0.113. The summed E-state index contributed by atoms with van der Waals surface area (Å²) in [6.45, 7) is 19.1. The van der Waals surface area contributed by atoms with Crippen molar-refractivity contribution in [3.63, 3.8) is 0 Å². The van der Waals surface area contributed by atoms with Crippen molar-refractivity contribution in [3.8, 4) is 11.1 Å². The zero-order valence-electron chi connectivity index (χ0n) is 18.3. The smallest absolute Gasteiger partial charge is 0.167 e. The molecule has 0 radical (unpaired) electrons. The second-order valence-electron chi connectivity index (χ2n) is 5.20. The molecule has 2 nitrogen and oxygen atoms in total. The average Bonchev–Trinajstić information content (AvgIpc) is 2.73. The highest BCUT2D eigenvalue weighted by Crippen LogP contribution is 2.21.